The molecule has 2 amide bonds. The van der Waals surface area contributed by atoms with E-state index in [4.69, 9.17) is 0 Å². The lowest BCUT2D eigenvalue weighted by molar-refractivity contribution is 0.0991. The van der Waals surface area contributed by atoms with Gasteiger partial charge in [-0.25, -0.2) is 0 Å². The van der Waals surface area contributed by atoms with Crippen molar-refractivity contribution in [3.05, 3.63) is 177 Å². The van der Waals surface area contributed by atoms with Crippen LogP contribution in [0, 0.1) is 13.8 Å². The van der Waals surface area contributed by atoms with Gasteiger partial charge < -0.3 is 0 Å². The molecule has 0 radical (unpaired) electrons. The molecule has 48 heavy (non-hydrogen) atoms. The minimum Gasteiger partial charge on any atom is -0.276 e. The van der Waals surface area contributed by atoms with Crippen LogP contribution in [-0.4, -0.2) is 11.8 Å². The smallest absolute Gasteiger partial charge is 0.262 e. The van der Waals surface area contributed by atoms with E-state index < -0.39 is 0 Å². The first-order chi connectivity index (χ1) is 23.3. The molecule has 0 aromatic heterocycles. The van der Waals surface area contributed by atoms with Gasteiger partial charge in [0.2, 0.25) is 0 Å². The highest BCUT2D eigenvalue weighted by molar-refractivity contribution is 9.10. The molecular formula is C42H30Br2N2O2. The maximum absolute atomic E-state index is 14.7. The Morgan fingerprint density at radius 1 is 0.417 bits per heavy atom. The van der Waals surface area contributed by atoms with Crippen molar-refractivity contribution in [3.8, 4) is 0 Å². The van der Waals surface area contributed by atoms with E-state index in [1.165, 1.54) is 0 Å². The van der Waals surface area contributed by atoms with E-state index in [1.807, 2.05) is 159 Å². The number of halogens is 2. The summed E-state index contributed by atoms with van der Waals surface area (Å²) in [5, 5.41) is 3.36. The lowest BCUT2D eigenvalue weighted by Crippen LogP contribution is -2.28. The molecule has 0 saturated heterocycles. The summed E-state index contributed by atoms with van der Waals surface area (Å²) >= 11 is 7.13. The van der Waals surface area contributed by atoms with E-state index >= 15 is 0 Å². The summed E-state index contributed by atoms with van der Waals surface area (Å²) < 4.78 is 1.83. The summed E-state index contributed by atoms with van der Waals surface area (Å²) in [5.41, 5.74) is 6.26. The van der Waals surface area contributed by atoms with Gasteiger partial charge in [0.05, 0.1) is 11.4 Å². The van der Waals surface area contributed by atoms with E-state index in [0.717, 1.165) is 64.4 Å². The summed E-state index contributed by atoms with van der Waals surface area (Å²) in [6, 6.07) is 46.9. The van der Waals surface area contributed by atoms with E-state index in [1.54, 1.807) is 9.80 Å². The van der Waals surface area contributed by atoms with Gasteiger partial charge >= 0.3 is 0 Å². The molecule has 0 unspecified atom stereocenters. The van der Waals surface area contributed by atoms with Crippen LogP contribution in [0.15, 0.2) is 155 Å². The maximum Gasteiger partial charge on any atom is 0.262 e. The summed E-state index contributed by atoms with van der Waals surface area (Å²) in [6.07, 6.45) is 0. The van der Waals surface area contributed by atoms with E-state index in [9.17, 15) is 9.59 Å². The Labute approximate surface area is 296 Å². The van der Waals surface area contributed by atoms with Crippen molar-refractivity contribution in [1.29, 1.82) is 0 Å². The molecule has 7 aromatic carbocycles. The quantitative estimate of drug-likeness (QED) is 0.125. The van der Waals surface area contributed by atoms with Crippen molar-refractivity contribution in [2.45, 2.75) is 13.8 Å². The molecule has 6 heteroatoms. The average Bonchev–Trinajstić information content (AvgIpc) is 3.11. The van der Waals surface area contributed by atoms with Crippen LogP contribution in [0.3, 0.4) is 0 Å². The molecule has 0 aliphatic heterocycles. The molecule has 0 saturated carbocycles. The molecular weight excluding hydrogens is 724 g/mol. The highest BCUT2D eigenvalue weighted by Gasteiger charge is 2.30. The van der Waals surface area contributed by atoms with Crippen molar-refractivity contribution >= 4 is 88.0 Å². The van der Waals surface area contributed by atoms with Crippen LogP contribution < -0.4 is 9.80 Å². The van der Waals surface area contributed by atoms with Crippen LogP contribution >= 0.6 is 31.9 Å². The summed E-state index contributed by atoms with van der Waals surface area (Å²) in [7, 11) is 0. The molecule has 234 valence electrons. The fourth-order valence-corrected chi connectivity index (χ4v) is 6.62. The van der Waals surface area contributed by atoms with Crippen LogP contribution in [-0.2, 0) is 0 Å². The number of rotatable bonds is 6. The third-order valence-electron chi connectivity index (χ3n) is 8.49. The zero-order chi connectivity index (χ0) is 33.4. The van der Waals surface area contributed by atoms with Gasteiger partial charge in [-0.2, -0.15) is 0 Å². The molecule has 4 nitrogen and oxygen atoms in total. The first kappa shape index (κ1) is 31.6. The second-order valence-electron chi connectivity index (χ2n) is 11.8. The number of anilines is 4. The number of amides is 2. The third kappa shape index (κ3) is 5.94. The van der Waals surface area contributed by atoms with Crippen LogP contribution in [0.5, 0.6) is 0 Å². The van der Waals surface area contributed by atoms with Crippen LogP contribution in [0.25, 0.3) is 21.5 Å². The number of nitrogens with zero attached hydrogens (tertiary/aromatic N) is 2. The molecule has 0 atom stereocenters. The zero-order valence-corrected chi connectivity index (χ0v) is 29.5. The van der Waals surface area contributed by atoms with Gasteiger partial charge in [-0.15, -0.1) is 0 Å². The van der Waals surface area contributed by atoms with Gasteiger partial charge in [-0.1, -0.05) is 116 Å². The third-order valence-corrected chi connectivity index (χ3v) is 9.55. The van der Waals surface area contributed by atoms with E-state index in [2.05, 4.69) is 31.9 Å². The van der Waals surface area contributed by atoms with Crippen LogP contribution in [0.1, 0.15) is 31.8 Å². The normalized spacial score (nSPS) is 11.1. The van der Waals surface area contributed by atoms with Gasteiger partial charge in [0, 0.05) is 53.0 Å². The molecule has 0 bridgehead atoms. The highest BCUT2D eigenvalue weighted by atomic mass is 79.9. The largest absolute Gasteiger partial charge is 0.276 e. The molecule has 0 spiro atoms. The number of carbonyl (C=O) groups is 2. The summed E-state index contributed by atoms with van der Waals surface area (Å²) in [5.74, 6) is -0.304. The second-order valence-corrected chi connectivity index (χ2v) is 13.6. The number of hydrogen-bond acceptors (Lipinski definition) is 2. The molecule has 7 rings (SSSR count). The minimum atomic E-state index is -0.152. The molecule has 0 aliphatic rings. The van der Waals surface area contributed by atoms with Crippen molar-refractivity contribution in [3.63, 3.8) is 0 Å². The molecule has 7 aromatic rings. The predicted molar refractivity (Wildman–Crippen MR) is 205 cm³/mol. The minimum absolute atomic E-state index is 0.152. The lowest BCUT2D eigenvalue weighted by Gasteiger charge is -2.31. The number of carbonyl (C=O) groups excluding carboxylic acids is 2. The molecule has 0 aliphatic carbocycles. The first-order valence-corrected chi connectivity index (χ1v) is 17.2. The van der Waals surface area contributed by atoms with Gasteiger partial charge in [-0.05, 0) is 86.6 Å². The Hall–Kier alpha value is -5.04. The number of fused-ring (bicyclic) bond motifs is 2. The Kier molecular flexibility index (Phi) is 8.69. The zero-order valence-electron chi connectivity index (χ0n) is 26.3. The fraction of sp³-hybridized carbons (Fsp3) is 0.0476. The molecule has 0 N–H and O–H groups in total. The van der Waals surface area contributed by atoms with Gasteiger partial charge in [0.15, 0.2) is 0 Å². The van der Waals surface area contributed by atoms with Gasteiger partial charge in [-0.3, -0.25) is 19.4 Å². The Morgan fingerprint density at radius 3 is 1.00 bits per heavy atom. The van der Waals surface area contributed by atoms with E-state index in [-0.39, 0.29) is 11.8 Å². The summed E-state index contributed by atoms with van der Waals surface area (Å²) in [4.78, 5) is 32.9. The summed E-state index contributed by atoms with van der Waals surface area (Å²) in [6.45, 7) is 4.02. The molecule has 0 fully saturated rings. The maximum atomic E-state index is 14.7. The van der Waals surface area contributed by atoms with Gasteiger partial charge in [0.25, 0.3) is 11.8 Å². The lowest BCUT2D eigenvalue weighted by atomic mass is 9.95. The monoisotopic (exact) mass is 752 g/mol. The number of aryl methyl sites for hydroxylation is 2. The highest BCUT2D eigenvalue weighted by Crippen LogP contribution is 2.48. The Morgan fingerprint density at radius 2 is 0.708 bits per heavy atom. The standard InChI is InChI=1S/C42H30Br2N2O2/c1-27-11-15-29(16-12-27)41(47)45(33-23-19-31(43)20-24-33)39-35-7-3-5-9-37(35)40(38-10-6-4-8-36(38)39)46(34-25-21-32(44)22-26-34)42(48)30-17-13-28(2)14-18-30/h3-26H,1-2H3. The first-order valence-electron chi connectivity index (χ1n) is 15.6. The Balaban J connectivity index is 1.56. The van der Waals surface area contributed by atoms with Crippen molar-refractivity contribution in [2.75, 3.05) is 9.80 Å². The van der Waals surface area contributed by atoms with Crippen LogP contribution in [0.2, 0.25) is 0 Å². The Bertz CT molecular complexity index is 2080. The molecule has 0 heterocycles. The van der Waals surface area contributed by atoms with Gasteiger partial charge in [0.1, 0.15) is 0 Å². The SMILES string of the molecule is Cc1ccc(C(=O)N(c2ccc(Br)cc2)c2c3ccccc3c(N(C(=O)c3ccc(C)cc3)c3ccc(Br)cc3)c3ccccc23)cc1. The van der Waals surface area contributed by atoms with Crippen molar-refractivity contribution < 1.29 is 9.59 Å². The second kappa shape index (κ2) is 13.2. The van der Waals surface area contributed by atoms with Crippen molar-refractivity contribution in [2.24, 2.45) is 0 Å². The topological polar surface area (TPSA) is 40.6 Å². The van der Waals surface area contributed by atoms with Crippen LogP contribution in [0.4, 0.5) is 22.7 Å². The predicted octanol–water partition coefficient (Wildman–Crippen LogP) is 12.1. The number of hydrogen-bond donors (Lipinski definition) is 0. The average molecular weight is 755 g/mol. The number of benzene rings is 7. The van der Waals surface area contributed by atoms with E-state index in [0.29, 0.717) is 11.1 Å². The van der Waals surface area contributed by atoms with Crippen molar-refractivity contribution in [1.82, 2.24) is 0 Å². The fourth-order valence-electron chi connectivity index (χ4n) is 6.09.